The number of ether oxygens (including phenoxy) is 2. The Kier molecular flexibility index (Phi) is 5.25. The quantitative estimate of drug-likeness (QED) is 0.826. The molecule has 28 heavy (non-hydrogen) atoms. The first-order chi connectivity index (χ1) is 13.1. The maximum Gasteiger partial charge on any atom is 0.416 e. The van der Waals surface area contributed by atoms with Gasteiger partial charge in [0.05, 0.1) is 11.0 Å². The van der Waals surface area contributed by atoms with Crippen LogP contribution in [0, 0.1) is 0 Å². The summed E-state index contributed by atoms with van der Waals surface area (Å²) < 4.78 is 50.3. The molecule has 0 fully saturated rings. The van der Waals surface area contributed by atoms with Crippen LogP contribution < -0.4 is 20.5 Å². The van der Waals surface area contributed by atoms with Gasteiger partial charge in [0.15, 0.2) is 11.5 Å². The van der Waals surface area contributed by atoms with Crippen LogP contribution >= 0.6 is 0 Å². The number of alkyl halides is 3. The van der Waals surface area contributed by atoms with E-state index in [1.165, 1.54) is 6.07 Å². The van der Waals surface area contributed by atoms with Crippen LogP contribution in [-0.2, 0) is 22.9 Å². The van der Waals surface area contributed by atoms with Gasteiger partial charge in [-0.15, -0.1) is 0 Å². The molecule has 2 aromatic carbocycles. The van der Waals surface area contributed by atoms with Crippen molar-refractivity contribution in [3.63, 3.8) is 0 Å². The number of halogens is 3. The smallest absolute Gasteiger partial charge is 0.416 e. The molecular weight excluding hydrogens is 373 g/mol. The SMILES string of the molecule is CC(C)(C(=O)Nc1cc(CN)cc(C(F)(F)F)c1)c1ccc2c(c1)OCCO2. The molecule has 0 aromatic heterocycles. The summed E-state index contributed by atoms with van der Waals surface area (Å²) in [5.41, 5.74) is 4.60. The molecule has 1 aliphatic heterocycles. The molecule has 1 amide bonds. The Labute approximate surface area is 160 Å². The lowest BCUT2D eigenvalue weighted by Gasteiger charge is -2.27. The zero-order chi connectivity index (χ0) is 20.5. The average Bonchev–Trinajstić information content (AvgIpc) is 2.66. The number of hydrogen-bond acceptors (Lipinski definition) is 4. The van der Waals surface area contributed by atoms with E-state index in [0.29, 0.717) is 30.3 Å². The predicted molar refractivity (Wildman–Crippen MR) is 98.4 cm³/mol. The Balaban J connectivity index is 1.87. The van der Waals surface area contributed by atoms with Crippen molar-refractivity contribution < 1.29 is 27.4 Å². The van der Waals surface area contributed by atoms with Crippen LogP contribution in [0.4, 0.5) is 18.9 Å². The molecule has 0 unspecified atom stereocenters. The number of carbonyl (C=O) groups is 1. The minimum atomic E-state index is -4.53. The summed E-state index contributed by atoms with van der Waals surface area (Å²) in [4.78, 5) is 12.9. The molecule has 0 saturated carbocycles. The van der Waals surface area contributed by atoms with E-state index in [0.717, 1.165) is 12.1 Å². The molecule has 0 aliphatic carbocycles. The van der Waals surface area contributed by atoms with E-state index in [4.69, 9.17) is 15.2 Å². The fourth-order valence-electron chi connectivity index (χ4n) is 2.90. The number of rotatable bonds is 4. The van der Waals surface area contributed by atoms with Gasteiger partial charge in [-0.1, -0.05) is 6.07 Å². The molecule has 2 aromatic rings. The molecule has 0 saturated heterocycles. The van der Waals surface area contributed by atoms with Crippen molar-refractivity contribution in [3.8, 4) is 11.5 Å². The minimum Gasteiger partial charge on any atom is -0.486 e. The highest BCUT2D eigenvalue weighted by atomic mass is 19.4. The first kappa shape index (κ1) is 20.0. The van der Waals surface area contributed by atoms with E-state index in [1.807, 2.05) is 0 Å². The molecule has 5 nitrogen and oxygen atoms in total. The number of carbonyl (C=O) groups excluding carboxylic acids is 1. The maximum absolute atomic E-state index is 13.1. The number of amides is 1. The second kappa shape index (κ2) is 7.35. The van der Waals surface area contributed by atoms with E-state index in [-0.39, 0.29) is 17.8 Å². The van der Waals surface area contributed by atoms with Gasteiger partial charge >= 0.3 is 6.18 Å². The summed E-state index contributed by atoms with van der Waals surface area (Å²) in [5.74, 6) is 0.678. The van der Waals surface area contributed by atoms with Gasteiger partial charge in [-0.2, -0.15) is 13.2 Å². The van der Waals surface area contributed by atoms with Crippen molar-refractivity contribution in [2.45, 2.75) is 32.0 Å². The van der Waals surface area contributed by atoms with E-state index in [2.05, 4.69) is 5.32 Å². The second-order valence-corrected chi connectivity index (χ2v) is 7.06. The summed E-state index contributed by atoms with van der Waals surface area (Å²) in [5, 5.41) is 2.58. The highest BCUT2D eigenvalue weighted by molar-refractivity contribution is 5.98. The van der Waals surface area contributed by atoms with Crippen LogP contribution in [0.5, 0.6) is 11.5 Å². The first-order valence-electron chi connectivity index (χ1n) is 8.74. The minimum absolute atomic E-state index is 0.0471. The van der Waals surface area contributed by atoms with Crippen molar-refractivity contribution in [1.82, 2.24) is 0 Å². The number of fused-ring (bicyclic) bond motifs is 1. The van der Waals surface area contributed by atoms with E-state index >= 15 is 0 Å². The Hall–Kier alpha value is -2.74. The Morgan fingerprint density at radius 3 is 2.36 bits per heavy atom. The van der Waals surface area contributed by atoms with E-state index in [1.54, 1.807) is 32.0 Å². The van der Waals surface area contributed by atoms with Gasteiger partial charge in [0.25, 0.3) is 0 Å². The highest BCUT2D eigenvalue weighted by Crippen LogP contribution is 2.36. The summed E-state index contributed by atoms with van der Waals surface area (Å²) in [6, 6.07) is 8.48. The third-order valence-electron chi connectivity index (χ3n) is 4.65. The number of nitrogens with two attached hydrogens (primary N) is 1. The maximum atomic E-state index is 13.1. The lowest BCUT2D eigenvalue weighted by Crippen LogP contribution is -2.35. The number of benzene rings is 2. The van der Waals surface area contributed by atoms with E-state index in [9.17, 15) is 18.0 Å². The van der Waals surface area contributed by atoms with Crippen molar-refractivity contribution in [3.05, 3.63) is 53.1 Å². The van der Waals surface area contributed by atoms with Crippen LogP contribution in [-0.4, -0.2) is 19.1 Å². The largest absolute Gasteiger partial charge is 0.486 e. The number of nitrogens with one attached hydrogen (secondary N) is 1. The lowest BCUT2D eigenvalue weighted by molar-refractivity contribution is -0.137. The standard InChI is InChI=1S/C20H21F3N2O3/c1-19(2,13-3-4-16-17(10-13)28-6-5-27-16)18(26)25-15-8-12(11-24)7-14(9-15)20(21,22)23/h3-4,7-10H,5-6,11,24H2,1-2H3,(H,25,26). The number of hydrogen-bond donors (Lipinski definition) is 2. The summed E-state index contributed by atoms with van der Waals surface area (Å²) in [6.45, 7) is 4.17. The summed E-state index contributed by atoms with van der Waals surface area (Å²) >= 11 is 0. The predicted octanol–water partition coefficient (Wildman–Crippen LogP) is 3.85. The monoisotopic (exact) mass is 394 g/mol. The van der Waals surface area contributed by atoms with Crippen molar-refractivity contribution >= 4 is 11.6 Å². The van der Waals surface area contributed by atoms with Crippen molar-refractivity contribution in [2.24, 2.45) is 5.73 Å². The fourth-order valence-corrected chi connectivity index (χ4v) is 2.90. The fraction of sp³-hybridized carbons (Fsp3) is 0.350. The van der Waals surface area contributed by atoms with Crippen LogP contribution in [0.15, 0.2) is 36.4 Å². The van der Waals surface area contributed by atoms with Gasteiger partial charge in [0.1, 0.15) is 13.2 Å². The molecular formula is C20H21F3N2O3. The molecule has 0 spiro atoms. The van der Waals surface area contributed by atoms with Crippen LogP contribution in [0.25, 0.3) is 0 Å². The summed E-state index contributed by atoms with van der Waals surface area (Å²) in [7, 11) is 0. The topological polar surface area (TPSA) is 73.6 Å². The molecule has 1 aliphatic rings. The van der Waals surface area contributed by atoms with Gasteiger partial charge in [-0.25, -0.2) is 0 Å². The van der Waals surface area contributed by atoms with Gasteiger partial charge < -0.3 is 20.5 Å². The Morgan fingerprint density at radius 2 is 1.71 bits per heavy atom. The Morgan fingerprint density at radius 1 is 1.04 bits per heavy atom. The van der Waals surface area contributed by atoms with E-state index < -0.39 is 23.1 Å². The molecule has 0 atom stereocenters. The molecule has 3 N–H and O–H groups in total. The number of anilines is 1. The zero-order valence-corrected chi connectivity index (χ0v) is 15.5. The van der Waals surface area contributed by atoms with Gasteiger partial charge in [-0.3, -0.25) is 4.79 Å². The third kappa shape index (κ3) is 4.06. The molecule has 0 bridgehead atoms. The highest BCUT2D eigenvalue weighted by Gasteiger charge is 2.33. The molecule has 1 heterocycles. The molecule has 3 rings (SSSR count). The van der Waals surface area contributed by atoms with Crippen molar-refractivity contribution in [1.29, 1.82) is 0 Å². The molecule has 150 valence electrons. The average molecular weight is 394 g/mol. The third-order valence-corrected chi connectivity index (χ3v) is 4.65. The normalized spacial score (nSPS) is 13.9. The zero-order valence-electron chi connectivity index (χ0n) is 15.5. The van der Waals surface area contributed by atoms with Crippen LogP contribution in [0.1, 0.15) is 30.5 Å². The first-order valence-corrected chi connectivity index (χ1v) is 8.74. The molecule has 0 radical (unpaired) electrons. The molecule has 8 heteroatoms. The summed E-state index contributed by atoms with van der Waals surface area (Å²) in [6.07, 6.45) is -4.53. The van der Waals surface area contributed by atoms with Gasteiger partial charge in [0.2, 0.25) is 5.91 Å². The van der Waals surface area contributed by atoms with Crippen molar-refractivity contribution in [2.75, 3.05) is 18.5 Å². The lowest BCUT2D eigenvalue weighted by atomic mass is 9.83. The second-order valence-electron chi connectivity index (χ2n) is 7.06. The van der Waals surface area contributed by atoms with Gasteiger partial charge in [0, 0.05) is 12.2 Å². The Bertz CT molecular complexity index is 895. The van der Waals surface area contributed by atoms with Crippen LogP contribution in [0.3, 0.4) is 0 Å². The van der Waals surface area contributed by atoms with Gasteiger partial charge in [-0.05, 0) is 55.3 Å². The van der Waals surface area contributed by atoms with Crippen LogP contribution in [0.2, 0.25) is 0 Å².